The summed E-state index contributed by atoms with van der Waals surface area (Å²) < 4.78 is 12.4. The Morgan fingerprint density at radius 2 is 1.86 bits per heavy atom. The molecule has 1 aromatic heterocycles. The number of carbonyl (C=O) groups excluding carboxylic acids is 1. The third-order valence-corrected chi connectivity index (χ3v) is 6.46. The van der Waals surface area contributed by atoms with E-state index >= 15 is 0 Å². The van der Waals surface area contributed by atoms with Gasteiger partial charge in [0.1, 0.15) is 11.3 Å². The van der Waals surface area contributed by atoms with Crippen LogP contribution in [0.15, 0.2) is 63.5 Å². The Hall–Kier alpha value is -3.23. The number of aromatic nitrogens is 1. The fourth-order valence-corrected chi connectivity index (χ4v) is 4.88. The number of hydrogen-bond donors (Lipinski definition) is 2. The average Bonchev–Trinajstić information content (AvgIpc) is 3.21. The molecule has 4 aromatic rings. The smallest absolute Gasteiger partial charge is 0.264 e. The summed E-state index contributed by atoms with van der Waals surface area (Å²) >= 11 is 8.76. The van der Waals surface area contributed by atoms with E-state index in [1.165, 1.54) is 5.56 Å². The molecular formula is C28H28BrN3O3S. The highest BCUT2D eigenvalue weighted by molar-refractivity contribution is 9.10. The Bertz CT molecular complexity index is 1390. The highest BCUT2D eigenvalue weighted by Crippen LogP contribution is 2.30. The SMILES string of the molecule is Cc1cc(C)c(OCC(=O)NC(=S)Nc2ccc(Cc3nc4cc(C(C)C)ccc4o3)cc2)c(Br)c1. The Morgan fingerprint density at radius 1 is 1.11 bits per heavy atom. The molecule has 0 saturated heterocycles. The molecule has 0 aliphatic heterocycles. The van der Waals surface area contributed by atoms with Gasteiger partial charge in [-0.05, 0) is 100 Å². The van der Waals surface area contributed by atoms with Crippen LogP contribution in [0.2, 0.25) is 0 Å². The van der Waals surface area contributed by atoms with Crippen LogP contribution in [0.3, 0.4) is 0 Å². The van der Waals surface area contributed by atoms with E-state index in [1.54, 1.807) is 0 Å². The molecule has 0 aliphatic rings. The van der Waals surface area contributed by atoms with Crippen LogP contribution in [0, 0.1) is 13.8 Å². The first-order valence-corrected chi connectivity index (χ1v) is 12.9. The fraction of sp³-hybridized carbons (Fsp3) is 0.250. The third-order valence-electron chi connectivity index (χ3n) is 5.66. The van der Waals surface area contributed by atoms with Gasteiger partial charge in [-0.3, -0.25) is 10.1 Å². The van der Waals surface area contributed by atoms with Crippen LogP contribution in [0.25, 0.3) is 11.1 Å². The molecule has 0 spiro atoms. The lowest BCUT2D eigenvalue weighted by atomic mass is 10.0. The highest BCUT2D eigenvalue weighted by Gasteiger charge is 2.12. The van der Waals surface area contributed by atoms with E-state index in [0.29, 0.717) is 24.0 Å². The second kappa shape index (κ2) is 11.2. The van der Waals surface area contributed by atoms with Crippen molar-refractivity contribution in [1.29, 1.82) is 0 Å². The van der Waals surface area contributed by atoms with Crippen molar-refractivity contribution in [3.63, 3.8) is 0 Å². The number of aryl methyl sites for hydroxylation is 2. The van der Waals surface area contributed by atoms with Crippen LogP contribution in [0.5, 0.6) is 5.75 Å². The van der Waals surface area contributed by atoms with Gasteiger partial charge in [0.05, 0.1) is 4.47 Å². The van der Waals surface area contributed by atoms with E-state index < -0.39 is 0 Å². The average molecular weight is 567 g/mol. The van der Waals surface area contributed by atoms with Crippen LogP contribution in [0.4, 0.5) is 5.69 Å². The summed E-state index contributed by atoms with van der Waals surface area (Å²) in [7, 11) is 0. The monoisotopic (exact) mass is 565 g/mol. The van der Waals surface area contributed by atoms with E-state index in [9.17, 15) is 4.79 Å². The van der Waals surface area contributed by atoms with Gasteiger partial charge in [0.15, 0.2) is 23.2 Å². The van der Waals surface area contributed by atoms with Crippen molar-refractivity contribution in [3.8, 4) is 5.75 Å². The van der Waals surface area contributed by atoms with Crippen molar-refractivity contribution in [2.75, 3.05) is 11.9 Å². The quantitative estimate of drug-likeness (QED) is 0.239. The van der Waals surface area contributed by atoms with E-state index in [1.807, 2.05) is 56.3 Å². The second-order valence-electron chi connectivity index (χ2n) is 9.05. The lowest BCUT2D eigenvalue weighted by Gasteiger charge is -2.13. The number of nitrogens with one attached hydrogen (secondary N) is 2. The summed E-state index contributed by atoms with van der Waals surface area (Å²) in [6.45, 7) is 8.12. The predicted molar refractivity (Wildman–Crippen MR) is 151 cm³/mol. The first-order valence-electron chi connectivity index (χ1n) is 11.7. The van der Waals surface area contributed by atoms with Gasteiger partial charge in [0, 0.05) is 12.1 Å². The number of nitrogens with zero attached hydrogens (tertiary/aromatic N) is 1. The Kier molecular flexibility index (Phi) is 8.06. The van der Waals surface area contributed by atoms with Crippen molar-refractivity contribution in [2.24, 2.45) is 0 Å². The summed E-state index contributed by atoms with van der Waals surface area (Å²) in [5, 5.41) is 5.88. The van der Waals surface area contributed by atoms with Crippen molar-refractivity contribution < 1.29 is 13.9 Å². The van der Waals surface area contributed by atoms with Crippen LogP contribution in [-0.4, -0.2) is 22.6 Å². The standard InChI is InChI=1S/C28H28BrN3O3S/c1-16(2)20-7-10-24-23(14-20)31-26(35-24)13-19-5-8-21(9-6-19)30-28(36)32-25(33)15-34-27-18(4)11-17(3)12-22(27)29/h5-12,14,16H,13,15H2,1-4H3,(H2,30,32,33,36). The van der Waals surface area contributed by atoms with Crippen LogP contribution in [-0.2, 0) is 11.2 Å². The number of benzene rings is 3. The molecule has 1 heterocycles. The van der Waals surface area contributed by atoms with Gasteiger partial charge in [-0.25, -0.2) is 4.98 Å². The molecular weight excluding hydrogens is 538 g/mol. The van der Waals surface area contributed by atoms with E-state index in [2.05, 4.69) is 57.5 Å². The Morgan fingerprint density at radius 3 is 2.56 bits per heavy atom. The molecule has 2 N–H and O–H groups in total. The zero-order valence-electron chi connectivity index (χ0n) is 20.6. The number of anilines is 1. The summed E-state index contributed by atoms with van der Waals surface area (Å²) in [6.07, 6.45) is 0.582. The number of rotatable bonds is 7. The van der Waals surface area contributed by atoms with Gasteiger partial charge in [-0.1, -0.05) is 38.1 Å². The number of oxazole rings is 1. The molecule has 186 valence electrons. The normalized spacial score (nSPS) is 11.1. The maximum atomic E-state index is 12.3. The van der Waals surface area contributed by atoms with Crippen LogP contribution >= 0.6 is 28.1 Å². The summed E-state index contributed by atoms with van der Waals surface area (Å²) in [6, 6.07) is 17.8. The van der Waals surface area contributed by atoms with Gasteiger partial charge in [-0.15, -0.1) is 0 Å². The van der Waals surface area contributed by atoms with Gasteiger partial charge in [0.2, 0.25) is 0 Å². The summed E-state index contributed by atoms with van der Waals surface area (Å²) in [5.41, 5.74) is 6.80. The van der Waals surface area contributed by atoms with E-state index in [-0.39, 0.29) is 17.6 Å². The van der Waals surface area contributed by atoms with Crippen molar-refractivity contribution in [1.82, 2.24) is 10.3 Å². The number of halogens is 1. The first-order chi connectivity index (χ1) is 17.2. The van der Waals surface area contributed by atoms with Gasteiger partial charge < -0.3 is 14.5 Å². The zero-order valence-corrected chi connectivity index (χ0v) is 23.0. The van der Waals surface area contributed by atoms with Gasteiger partial charge >= 0.3 is 0 Å². The summed E-state index contributed by atoms with van der Waals surface area (Å²) in [4.78, 5) is 16.9. The molecule has 0 unspecified atom stereocenters. The van der Waals surface area contributed by atoms with Crippen molar-refractivity contribution in [3.05, 3.63) is 87.2 Å². The van der Waals surface area contributed by atoms with Gasteiger partial charge in [-0.2, -0.15) is 0 Å². The summed E-state index contributed by atoms with van der Waals surface area (Å²) in [5.74, 6) is 1.42. The fourth-order valence-electron chi connectivity index (χ4n) is 3.86. The van der Waals surface area contributed by atoms with Crippen LogP contribution in [0.1, 0.15) is 47.9 Å². The maximum absolute atomic E-state index is 12.3. The minimum Gasteiger partial charge on any atom is -0.482 e. The van der Waals surface area contributed by atoms with Crippen LogP contribution < -0.4 is 15.4 Å². The Balaban J connectivity index is 1.29. The second-order valence-corrected chi connectivity index (χ2v) is 10.3. The third kappa shape index (κ3) is 6.50. The largest absolute Gasteiger partial charge is 0.482 e. The molecule has 6 nitrogen and oxygen atoms in total. The Labute approximate surface area is 224 Å². The number of ether oxygens (including phenoxy) is 1. The molecule has 0 aliphatic carbocycles. The van der Waals surface area contributed by atoms with E-state index in [4.69, 9.17) is 21.4 Å². The molecule has 0 atom stereocenters. The maximum Gasteiger partial charge on any atom is 0.264 e. The molecule has 0 fully saturated rings. The molecule has 3 aromatic carbocycles. The minimum atomic E-state index is -0.340. The number of thiocarbonyl (C=S) groups is 1. The van der Waals surface area contributed by atoms with E-state index in [0.717, 1.165) is 38.0 Å². The number of hydrogen-bond acceptors (Lipinski definition) is 5. The molecule has 36 heavy (non-hydrogen) atoms. The number of fused-ring (bicyclic) bond motifs is 1. The molecule has 0 saturated carbocycles. The lowest BCUT2D eigenvalue weighted by molar-refractivity contribution is -0.121. The number of carbonyl (C=O) groups is 1. The zero-order chi connectivity index (χ0) is 25.8. The molecule has 4 rings (SSSR count). The first kappa shape index (κ1) is 25.9. The molecule has 1 amide bonds. The predicted octanol–water partition coefficient (Wildman–Crippen LogP) is 6.81. The molecule has 0 bridgehead atoms. The molecule has 0 radical (unpaired) electrons. The van der Waals surface area contributed by atoms with Gasteiger partial charge in [0.25, 0.3) is 5.91 Å². The minimum absolute atomic E-state index is 0.146. The lowest BCUT2D eigenvalue weighted by Crippen LogP contribution is -2.37. The highest BCUT2D eigenvalue weighted by atomic mass is 79.9. The molecule has 8 heteroatoms. The van der Waals surface area contributed by atoms with Crippen molar-refractivity contribution in [2.45, 2.75) is 40.0 Å². The van der Waals surface area contributed by atoms with Crippen molar-refractivity contribution >= 4 is 56.0 Å². The number of amides is 1. The topological polar surface area (TPSA) is 76.4 Å².